The Morgan fingerprint density at radius 3 is 2.45 bits per heavy atom. The molecule has 1 fully saturated rings. The average molecular weight is 284 g/mol. The van der Waals surface area contributed by atoms with Crippen molar-refractivity contribution in [3.05, 3.63) is 0 Å². The van der Waals surface area contributed by atoms with Gasteiger partial charge in [-0.05, 0) is 38.1 Å². The molecule has 0 radical (unpaired) electrons. The predicted octanol–water partition coefficient (Wildman–Crippen LogP) is 1.90. The molecular formula is C15H28N2O3. The van der Waals surface area contributed by atoms with Gasteiger partial charge in [0.25, 0.3) is 0 Å². The van der Waals surface area contributed by atoms with E-state index in [0.29, 0.717) is 31.7 Å². The van der Waals surface area contributed by atoms with Gasteiger partial charge >= 0.3 is 5.97 Å². The van der Waals surface area contributed by atoms with Crippen LogP contribution in [0, 0.1) is 11.3 Å². The van der Waals surface area contributed by atoms with Gasteiger partial charge in [-0.25, -0.2) is 0 Å². The maximum absolute atomic E-state index is 11.8. The first-order chi connectivity index (χ1) is 9.50. The number of nitrogens with one attached hydrogen (secondary N) is 1. The first-order valence-corrected chi connectivity index (χ1v) is 7.70. The highest BCUT2D eigenvalue weighted by Crippen LogP contribution is 2.36. The molecule has 0 bridgehead atoms. The number of nitrogens with two attached hydrogens (primary N) is 1. The highest BCUT2D eigenvalue weighted by molar-refractivity contribution is 5.79. The van der Waals surface area contributed by atoms with Crippen molar-refractivity contribution in [2.75, 3.05) is 13.1 Å². The molecule has 0 aliphatic heterocycles. The van der Waals surface area contributed by atoms with Crippen molar-refractivity contribution in [3.8, 4) is 0 Å². The number of carbonyl (C=O) groups excluding carboxylic acids is 1. The fourth-order valence-corrected chi connectivity index (χ4v) is 2.86. The molecular weight excluding hydrogens is 256 g/mol. The van der Waals surface area contributed by atoms with Gasteiger partial charge in [0.1, 0.15) is 0 Å². The molecule has 116 valence electrons. The second-order valence-corrected chi connectivity index (χ2v) is 6.14. The van der Waals surface area contributed by atoms with Gasteiger partial charge in [-0.1, -0.05) is 26.2 Å². The molecule has 4 N–H and O–H groups in total. The number of aliphatic carboxylic acids is 1. The lowest BCUT2D eigenvalue weighted by molar-refractivity contribution is -0.151. The number of carboxylic acid groups (broad SMARTS) is 1. The molecule has 20 heavy (non-hydrogen) atoms. The summed E-state index contributed by atoms with van der Waals surface area (Å²) in [5.41, 5.74) is 4.74. The second-order valence-electron chi connectivity index (χ2n) is 6.14. The van der Waals surface area contributed by atoms with E-state index in [1.165, 1.54) is 0 Å². The van der Waals surface area contributed by atoms with E-state index >= 15 is 0 Å². The first-order valence-electron chi connectivity index (χ1n) is 7.70. The van der Waals surface area contributed by atoms with Crippen LogP contribution in [-0.4, -0.2) is 30.1 Å². The van der Waals surface area contributed by atoms with E-state index in [1.54, 1.807) is 0 Å². The van der Waals surface area contributed by atoms with E-state index in [2.05, 4.69) is 12.2 Å². The summed E-state index contributed by atoms with van der Waals surface area (Å²) >= 11 is 0. The summed E-state index contributed by atoms with van der Waals surface area (Å²) < 4.78 is 0. The molecule has 1 atom stereocenters. The highest BCUT2D eigenvalue weighted by Gasteiger charge is 2.39. The van der Waals surface area contributed by atoms with Crippen LogP contribution >= 0.6 is 0 Å². The molecule has 0 saturated heterocycles. The SMILES string of the molecule is CC(CCN)CCC(=O)NCC1(C(=O)O)CCCCC1. The van der Waals surface area contributed by atoms with Crippen molar-refractivity contribution in [1.29, 1.82) is 0 Å². The second kappa shape index (κ2) is 8.25. The Morgan fingerprint density at radius 1 is 1.25 bits per heavy atom. The molecule has 0 spiro atoms. The maximum atomic E-state index is 11.8. The van der Waals surface area contributed by atoms with Gasteiger partial charge in [0.2, 0.25) is 5.91 Å². The standard InChI is InChI=1S/C15H28N2O3/c1-12(7-10-16)5-6-13(18)17-11-15(14(19)20)8-3-2-4-9-15/h12H,2-11,16H2,1H3,(H,17,18)(H,19,20). The zero-order chi connectivity index (χ0) is 15.0. The number of hydrogen-bond donors (Lipinski definition) is 3. The van der Waals surface area contributed by atoms with Crippen molar-refractivity contribution >= 4 is 11.9 Å². The zero-order valence-electron chi connectivity index (χ0n) is 12.5. The van der Waals surface area contributed by atoms with Crippen molar-refractivity contribution in [1.82, 2.24) is 5.32 Å². The minimum Gasteiger partial charge on any atom is -0.481 e. The third-order valence-corrected chi connectivity index (χ3v) is 4.41. The van der Waals surface area contributed by atoms with E-state index in [0.717, 1.165) is 32.1 Å². The van der Waals surface area contributed by atoms with E-state index in [4.69, 9.17) is 5.73 Å². The van der Waals surface area contributed by atoms with Crippen LogP contribution in [0.4, 0.5) is 0 Å². The van der Waals surface area contributed by atoms with E-state index < -0.39 is 11.4 Å². The average Bonchev–Trinajstić information content (AvgIpc) is 2.44. The van der Waals surface area contributed by atoms with Gasteiger partial charge in [-0.2, -0.15) is 0 Å². The third kappa shape index (κ3) is 5.12. The van der Waals surface area contributed by atoms with Crippen molar-refractivity contribution in [3.63, 3.8) is 0 Å². The monoisotopic (exact) mass is 284 g/mol. The van der Waals surface area contributed by atoms with Crippen LogP contribution in [0.1, 0.15) is 58.3 Å². The summed E-state index contributed by atoms with van der Waals surface area (Å²) in [7, 11) is 0. The zero-order valence-corrected chi connectivity index (χ0v) is 12.5. The van der Waals surface area contributed by atoms with E-state index in [-0.39, 0.29) is 12.5 Å². The normalized spacial score (nSPS) is 19.3. The van der Waals surface area contributed by atoms with Crippen LogP contribution in [-0.2, 0) is 9.59 Å². The smallest absolute Gasteiger partial charge is 0.311 e. The molecule has 1 aliphatic rings. The Labute approximate surface area is 121 Å². The van der Waals surface area contributed by atoms with E-state index in [9.17, 15) is 14.7 Å². The maximum Gasteiger partial charge on any atom is 0.311 e. The Bertz CT molecular complexity index is 325. The first kappa shape index (κ1) is 17.0. The molecule has 1 rings (SSSR count). The molecule has 0 aromatic heterocycles. The topological polar surface area (TPSA) is 92.4 Å². The lowest BCUT2D eigenvalue weighted by Crippen LogP contribution is -2.44. The summed E-state index contributed by atoms with van der Waals surface area (Å²) in [5.74, 6) is -0.372. The van der Waals surface area contributed by atoms with E-state index in [1.807, 2.05) is 0 Å². The summed E-state index contributed by atoms with van der Waals surface area (Å²) in [6, 6.07) is 0. The van der Waals surface area contributed by atoms with Crippen molar-refractivity contribution in [2.45, 2.75) is 58.3 Å². The van der Waals surface area contributed by atoms with Gasteiger partial charge in [0.05, 0.1) is 5.41 Å². The van der Waals surface area contributed by atoms with Crippen LogP contribution in [0.5, 0.6) is 0 Å². The minimum atomic E-state index is -0.769. The van der Waals surface area contributed by atoms with Crippen LogP contribution in [0.25, 0.3) is 0 Å². The molecule has 0 heterocycles. The molecule has 0 aromatic rings. The van der Waals surface area contributed by atoms with Crippen LogP contribution in [0.3, 0.4) is 0 Å². The van der Waals surface area contributed by atoms with Crippen molar-refractivity contribution in [2.24, 2.45) is 17.1 Å². The summed E-state index contributed by atoms with van der Waals surface area (Å²) in [5, 5.41) is 12.2. The summed E-state index contributed by atoms with van der Waals surface area (Å²) in [6.07, 6.45) is 6.51. The van der Waals surface area contributed by atoms with Gasteiger partial charge < -0.3 is 16.2 Å². The molecule has 1 amide bonds. The van der Waals surface area contributed by atoms with Crippen LogP contribution < -0.4 is 11.1 Å². The lowest BCUT2D eigenvalue weighted by Gasteiger charge is -2.33. The third-order valence-electron chi connectivity index (χ3n) is 4.41. The Kier molecular flexibility index (Phi) is 6.99. The quantitative estimate of drug-likeness (QED) is 0.634. The Hall–Kier alpha value is -1.10. The van der Waals surface area contributed by atoms with Gasteiger partial charge in [-0.3, -0.25) is 9.59 Å². The molecule has 0 aromatic carbocycles. The number of amides is 1. The Balaban J connectivity index is 2.36. The number of hydrogen-bond acceptors (Lipinski definition) is 3. The fraction of sp³-hybridized carbons (Fsp3) is 0.867. The fourth-order valence-electron chi connectivity index (χ4n) is 2.86. The molecule has 1 saturated carbocycles. The van der Waals surface area contributed by atoms with Crippen LogP contribution in [0.2, 0.25) is 0 Å². The molecule has 5 nitrogen and oxygen atoms in total. The molecule has 1 aliphatic carbocycles. The molecule has 1 unspecified atom stereocenters. The summed E-state index contributed by atoms with van der Waals surface area (Å²) in [4.78, 5) is 23.3. The van der Waals surface area contributed by atoms with Gasteiger partial charge in [-0.15, -0.1) is 0 Å². The molecule has 5 heteroatoms. The number of rotatable bonds is 8. The van der Waals surface area contributed by atoms with Crippen LogP contribution in [0.15, 0.2) is 0 Å². The minimum absolute atomic E-state index is 0.0416. The van der Waals surface area contributed by atoms with Crippen molar-refractivity contribution < 1.29 is 14.7 Å². The van der Waals surface area contributed by atoms with Gasteiger partial charge in [0.15, 0.2) is 0 Å². The number of carboxylic acids is 1. The lowest BCUT2D eigenvalue weighted by atomic mass is 9.74. The largest absolute Gasteiger partial charge is 0.481 e. The predicted molar refractivity (Wildman–Crippen MR) is 78.2 cm³/mol. The summed E-state index contributed by atoms with van der Waals surface area (Å²) in [6.45, 7) is 3.00. The van der Waals surface area contributed by atoms with Gasteiger partial charge in [0, 0.05) is 13.0 Å². The number of carbonyl (C=O) groups is 2. The Morgan fingerprint density at radius 2 is 1.90 bits per heavy atom. The highest BCUT2D eigenvalue weighted by atomic mass is 16.4.